The van der Waals surface area contributed by atoms with Gasteiger partial charge in [0.25, 0.3) is 5.91 Å². The lowest BCUT2D eigenvalue weighted by atomic mass is 10.1. The van der Waals surface area contributed by atoms with Gasteiger partial charge in [-0.15, -0.1) is 6.58 Å². The summed E-state index contributed by atoms with van der Waals surface area (Å²) in [7, 11) is 1.66. The molecule has 0 rings (SSSR count). The molecule has 1 amide bonds. The predicted octanol–water partition coefficient (Wildman–Crippen LogP) is 1.20. The van der Waals surface area contributed by atoms with Crippen LogP contribution in [-0.2, 0) is 9.53 Å². The SMILES string of the molecule is C=CCCOC(C)C(=O)N(C)CC(C)(C)O. The van der Waals surface area contributed by atoms with E-state index in [1.165, 1.54) is 4.90 Å². The van der Waals surface area contributed by atoms with Crippen molar-refractivity contribution in [2.24, 2.45) is 0 Å². The first-order chi connectivity index (χ1) is 7.28. The van der Waals surface area contributed by atoms with Gasteiger partial charge in [0.2, 0.25) is 0 Å². The third-order valence-corrected chi connectivity index (χ3v) is 2.04. The van der Waals surface area contributed by atoms with Crippen molar-refractivity contribution in [3.8, 4) is 0 Å². The lowest BCUT2D eigenvalue weighted by Crippen LogP contribution is -2.44. The van der Waals surface area contributed by atoms with Gasteiger partial charge in [-0.1, -0.05) is 6.08 Å². The van der Waals surface area contributed by atoms with Crippen molar-refractivity contribution in [1.29, 1.82) is 0 Å². The van der Waals surface area contributed by atoms with E-state index >= 15 is 0 Å². The second-order valence-corrected chi connectivity index (χ2v) is 4.60. The van der Waals surface area contributed by atoms with Crippen molar-refractivity contribution >= 4 is 5.91 Å². The zero-order valence-corrected chi connectivity index (χ0v) is 10.7. The minimum absolute atomic E-state index is 0.119. The lowest BCUT2D eigenvalue weighted by Gasteiger charge is -2.27. The van der Waals surface area contributed by atoms with Crippen LogP contribution in [0.5, 0.6) is 0 Å². The minimum Gasteiger partial charge on any atom is -0.389 e. The molecule has 0 fully saturated rings. The topological polar surface area (TPSA) is 49.8 Å². The van der Waals surface area contributed by atoms with Crippen molar-refractivity contribution in [3.63, 3.8) is 0 Å². The monoisotopic (exact) mass is 229 g/mol. The van der Waals surface area contributed by atoms with E-state index < -0.39 is 11.7 Å². The van der Waals surface area contributed by atoms with E-state index in [9.17, 15) is 9.90 Å². The number of carbonyl (C=O) groups is 1. The van der Waals surface area contributed by atoms with Gasteiger partial charge < -0.3 is 14.7 Å². The Kier molecular flexibility index (Phi) is 6.29. The molecular weight excluding hydrogens is 206 g/mol. The normalized spacial score (nSPS) is 13.3. The third-order valence-electron chi connectivity index (χ3n) is 2.04. The number of carbonyl (C=O) groups excluding carboxylic acids is 1. The second kappa shape index (κ2) is 6.66. The average Bonchev–Trinajstić information content (AvgIpc) is 2.14. The number of hydrogen-bond acceptors (Lipinski definition) is 3. The smallest absolute Gasteiger partial charge is 0.251 e. The first-order valence-electron chi connectivity index (χ1n) is 5.48. The molecule has 0 aromatic carbocycles. The standard InChI is InChI=1S/C12H23NO3/c1-6-7-8-16-10(2)11(14)13(5)9-12(3,4)15/h6,10,15H,1,7-9H2,2-5H3. The summed E-state index contributed by atoms with van der Waals surface area (Å²) in [5.74, 6) is -0.119. The van der Waals surface area contributed by atoms with Gasteiger partial charge in [0, 0.05) is 13.6 Å². The lowest BCUT2D eigenvalue weighted by molar-refractivity contribution is -0.143. The minimum atomic E-state index is -0.884. The third kappa shape index (κ3) is 6.58. The van der Waals surface area contributed by atoms with E-state index in [0.29, 0.717) is 13.2 Å². The molecule has 0 aliphatic rings. The number of aliphatic hydroxyl groups is 1. The summed E-state index contributed by atoms with van der Waals surface area (Å²) in [6.07, 6.45) is 2.00. The van der Waals surface area contributed by atoms with Crippen LogP contribution in [0.15, 0.2) is 12.7 Å². The average molecular weight is 229 g/mol. The highest BCUT2D eigenvalue weighted by Crippen LogP contribution is 2.06. The first-order valence-corrected chi connectivity index (χ1v) is 5.48. The fourth-order valence-electron chi connectivity index (χ4n) is 1.37. The Morgan fingerprint density at radius 1 is 1.62 bits per heavy atom. The van der Waals surface area contributed by atoms with Gasteiger partial charge in [0.05, 0.1) is 12.2 Å². The van der Waals surface area contributed by atoms with Crippen molar-refractivity contribution in [2.45, 2.75) is 38.9 Å². The fraction of sp³-hybridized carbons (Fsp3) is 0.750. The van der Waals surface area contributed by atoms with Crippen LogP contribution in [0.4, 0.5) is 0 Å². The highest BCUT2D eigenvalue weighted by atomic mass is 16.5. The summed E-state index contributed by atoms with van der Waals surface area (Å²) in [6, 6.07) is 0. The number of rotatable bonds is 7. The molecule has 16 heavy (non-hydrogen) atoms. The summed E-state index contributed by atoms with van der Waals surface area (Å²) in [5, 5.41) is 9.58. The zero-order valence-electron chi connectivity index (χ0n) is 10.7. The van der Waals surface area contributed by atoms with Gasteiger partial charge >= 0.3 is 0 Å². The molecule has 1 N–H and O–H groups in total. The van der Waals surface area contributed by atoms with Gasteiger partial charge in [-0.3, -0.25) is 4.79 Å². The Balaban J connectivity index is 4.06. The number of hydrogen-bond donors (Lipinski definition) is 1. The molecule has 0 aliphatic carbocycles. The van der Waals surface area contributed by atoms with E-state index in [-0.39, 0.29) is 5.91 Å². The molecule has 0 aromatic rings. The Morgan fingerprint density at radius 3 is 2.62 bits per heavy atom. The number of amides is 1. The Hall–Kier alpha value is -0.870. The van der Waals surface area contributed by atoms with Gasteiger partial charge in [-0.25, -0.2) is 0 Å². The molecule has 0 radical (unpaired) electrons. The summed E-state index contributed by atoms with van der Waals surface area (Å²) in [4.78, 5) is 13.3. The van der Waals surface area contributed by atoms with Crippen LogP contribution in [-0.4, -0.2) is 47.8 Å². The molecule has 0 aromatic heterocycles. The number of likely N-dealkylation sites (N-methyl/N-ethyl adjacent to an activating group) is 1. The van der Waals surface area contributed by atoms with Crippen molar-refractivity contribution in [1.82, 2.24) is 4.90 Å². The van der Waals surface area contributed by atoms with Crippen molar-refractivity contribution in [3.05, 3.63) is 12.7 Å². The van der Waals surface area contributed by atoms with Crippen LogP contribution in [0.25, 0.3) is 0 Å². The molecule has 4 heteroatoms. The maximum Gasteiger partial charge on any atom is 0.251 e. The molecule has 0 heterocycles. The molecular formula is C12H23NO3. The molecule has 0 saturated carbocycles. The zero-order chi connectivity index (χ0) is 12.8. The van der Waals surface area contributed by atoms with E-state index in [1.807, 2.05) is 0 Å². The summed E-state index contributed by atoms with van der Waals surface area (Å²) < 4.78 is 5.34. The highest BCUT2D eigenvalue weighted by Gasteiger charge is 2.23. The van der Waals surface area contributed by atoms with Crippen LogP contribution in [0.2, 0.25) is 0 Å². The molecule has 0 aliphatic heterocycles. The molecule has 0 saturated heterocycles. The number of ether oxygens (including phenoxy) is 1. The molecule has 4 nitrogen and oxygen atoms in total. The predicted molar refractivity (Wildman–Crippen MR) is 64.2 cm³/mol. The highest BCUT2D eigenvalue weighted by molar-refractivity contribution is 5.80. The maximum absolute atomic E-state index is 11.8. The maximum atomic E-state index is 11.8. The van der Waals surface area contributed by atoms with Crippen molar-refractivity contribution in [2.75, 3.05) is 20.2 Å². The molecule has 1 atom stereocenters. The van der Waals surface area contributed by atoms with Crippen LogP contribution < -0.4 is 0 Å². The van der Waals surface area contributed by atoms with Crippen molar-refractivity contribution < 1.29 is 14.6 Å². The second-order valence-electron chi connectivity index (χ2n) is 4.60. The molecule has 0 spiro atoms. The molecule has 94 valence electrons. The molecule has 1 unspecified atom stereocenters. The Bertz CT molecular complexity index is 233. The van der Waals surface area contributed by atoms with E-state index in [2.05, 4.69) is 6.58 Å². The van der Waals surface area contributed by atoms with Gasteiger partial charge in [0.1, 0.15) is 6.10 Å². The first kappa shape index (κ1) is 15.1. The van der Waals surface area contributed by atoms with Crippen LogP contribution >= 0.6 is 0 Å². The van der Waals surface area contributed by atoms with Gasteiger partial charge in [0.15, 0.2) is 0 Å². The quantitative estimate of drug-likeness (QED) is 0.527. The summed E-state index contributed by atoms with van der Waals surface area (Å²) >= 11 is 0. The van der Waals surface area contributed by atoms with Gasteiger partial charge in [-0.05, 0) is 27.2 Å². The fourth-order valence-corrected chi connectivity index (χ4v) is 1.37. The van der Waals surface area contributed by atoms with Crippen LogP contribution in [0.3, 0.4) is 0 Å². The van der Waals surface area contributed by atoms with E-state index in [4.69, 9.17) is 4.74 Å². The number of nitrogens with zero attached hydrogens (tertiary/aromatic N) is 1. The van der Waals surface area contributed by atoms with E-state index in [1.54, 1.807) is 33.9 Å². The van der Waals surface area contributed by atoms with Crippen LogP contribution in [0.1, 0.15) is 27.2 Å². The Morgan fingerprint density at radius 2 is 2.19 bits per heavy atom. The van der Waals surface area contributed by atoms with E-state index in [0.717, 1.165) is 6.42 Å². The Labute approximate surface area is 97.9 Å². The summed E-state index contributed by atoms with van der Waals surface area (Å²) in [5.41, 5.74) is -0.884. The summed E-state index contributed by atoms with van der Waals surface area (Å²) in [6.45, 7) is 9.41. The van der Waals surface area contributed by atoms with Gasteiger partial charge in [-0.2, -0.15) is 0 Å². The molecule has 0 bridgehead atoms. The largest absolute Gasteiger partial charge is 0.389 e. The van der Waals surface area contributed by atoms with Crippen LogP contribution in [0, 0.1) is 0 Å².